The standard InChI is InChI=1S/C66H32Cl12F6N6/c67-61(68,79)37-13-1-7-31(19-37)43-25-49-50(26-44(43)32-8-2-14-38(20-32)62(69,70)80)56-85-55(49)88-57-51-27-45(33-9-3-15-39(21-33)63(71,72)81)46(34-10-4-16-40(22-34)64(73,74)82)28-52(51)59(86-57)90-60-54-30-48(36-12-6-18-42(24-36)66(77,78)84)47(29-53(54)58(87-60)89-56)35-11-5-17-41(23-35)65(75,76)83/h1-30H,(H2,85,86,87,88,89,90). The van der Waals surface area contributed by atoms with Crippen molar-refractivity contribution in [3.8, 4) is 89.5 Å². The van der Waals surface area contributed by atoms with E-state index in [-0.39, 0.29) is 67.6 Å². The molecular formula is C66H32Cl12F6N6. The lowest BCUT2D eigenvalue weighted by molar-refractivity contribution is 0.405. The molecule has 0 unspecified atom stereocenters. The van der Waals surface area contributed by atoms with Crippen LogP contribution in [-0.2, 0) is 27.5 Å². The zero-order chi connectivity index (χ0) is 63.8. The fourth-order valence-corrected chi connectivity index (χ4v) is 12.5. The van der Waals surface area contributed by atoms with Gasteiger partial charge in [-0.1, -0.05) is 248 Å². The molecule has 452 valence electrons. The third-order valence-corrected chi connectivity index (χ3v) is 17.9. The Morgan fingerprint density at radius 2 is 0.433 bits per heavy atom. The molecule has 0 atom stereocenters. The maximum Gasteiger partial charge on any atom is 0.283 e. The zero-order valence-corrected chi connectivity index (χ0v) is 54.0. The molecule has 13 rings (SSSR count). The van der Waals surface area contributed by atoms with Crippen molar-refractivity contribution in [1.82, 2.24) is 29.9 Å². The van der Waals surface area contributed by atoms with Crippen molar-refractivity contribution in [2.75, 3.05) is 0 Å². The molecule has 0 amide bonds. The Hall–Kier alpha value is -5.94. The van der Waals surface area contributed by atoms with Crippen molar-refractivity contribution < 1.29 is 26.3 Å². The first kappa shape index (κ1) is 62.8. The molecule has 1 aliphatic rings. The number of nitrogens with zero attached hydrogens (tertiary/aromatic N) is 4. The highest BCUT2D eigenvalue weighted by Gasteiger charge is 2.33. The second-order valence-electron chi connectivity index (χ2n) is 21.0. The first-order valence-electron chi connectivity index (χ1n) is 26.6. The van der Waals surface area contributed by atoms with E-state index in [2.05, 4.69) is 9.97 Å². The summed E-state index contributed by atoms with van der Waals surface area (Å²) in [5, 5.41) is 1.67. The smallest absolute Gasteiger partial charge is 0.283 e. The minimum absolute atomic E-state index is 0.0843. The second-order valence-corrected chi connectivity index (χ2v) is 28.5. The van der Waals surface area contributed by atoms with Gasteiger partial charge in [0.2, 0.25) is 0 Å². The van der Waals surface area contributed by atoms with Crippen LogP contribution in [0.1, 0.15) is 33.4 Å². The molecule has 12 aromatic rings. The average Bonchev–Trinajstić information content (AvgIpc) is 1.55. The highest BCUT2D eigenvalue weighted by molar-refractivity contribution is 6.49. The molecule has 6 nitrogen and oxygen atoms in total. The Labute approximate surface area is 567 Å². The molecule has 24 heteroatoms. The molecule has 1 aliphatic heterocycles. The van der Waals surface area contributed by atoms with Crippen molar-refractivity contribution in [2.45, 2.75) is 27.5 Å². The van der Waals surface area contributed by atoms with E-state index in [1.54, 1.807) is 109 Å². The van der Waals surface area contributed by atoms with Crippen molar-refractivity contribution in [2.24, 2.45) is 0 Å². The third-order valence-electron chi connectivity index (χ3n) is 15.3. The van der Waals surface area contributed by atoms with Gasteiger partial charge < -0.3 is 9.97 Å². The predicted octanol–water partition coefficient (Wildman–Crippen LogP) is 24.7. The minimum atomic E-state index is -2.83. The van der Waals surface area contributed by atoms with Gasteiger partial charge in [-0.2, -0.15) is 0 Å². The highest BCUT2D eigenvalue weighted by atomic mass is 35.6. The van der Waals surface area contributed by atoms with E-state index < -0.39 is 27.5 Å². The molecule has 0 aliphatic carbocycles. The Balaban J connectivity index is 1.20. The summed E-state index contributed by atoms with van der Waals surface area (Å²) in [5.74, 6) is 0.169. The Kier molecular flexibility index (Phi) is 16.0. The lowest BCUT2D eigenvalue weighted by Gasteiger charge is -2.17. The Morgan fingerprint density at radius 3 is 0.644 bits per heavy atom. The zero-order valence-electron chi connectivity index (χ0n) is 44.9. The summed E-state index contributed by atoms with van der Waals surface area (Å²) in [5.41, 5.74) is 5.97. The number of aromatic nitrogens is 6. The van der Waals surface area contributed by atoms with E-state index >= 15 is 26.3 Å². The summed E-state index contributed by atoms with van der Waals surface area (Å²) in [6, 6.07) is 47.4. The maximum atomic E-state index is 15.5. The average molecular weight is 1450 g/mol. The van der Waals surface area contributed by atoms with Crippen LogP contribution in [0.2, 0.25) is 0 Å². The fourth-order valence-electron chi connectivity index (χ4n) is 11.1. The van der Waals surface area contributed by atoms with E-state index in [0.29, 0.717) is 99.4 Å². The molecule has 90 heavy (non-hydrogen) atoms. The topological polar surface area (TPSA) is 83.1 Å². The molecule has 0 saturated carbocycles. The monoisotopic (exact) mass is 1440 g/mol. The number of rotatable bonds is 12. The fraction of sp³-hybridized carbons (Fsp3) is 0.0909. The number of aromatic amines is 2. The number of nitrogens with one attached hydrogen (secondary N) is 2. The van der Waals surface area contributed by atoms with Crippen LogP contribution < -0.4 is 0 Å². The molecular weight excluding hydrogens is 1420 g/mol. The number of hydrogen-bond acceptors (Lipinski definition) is 4. The molecule has 0 radical (unpaired) electrons. The van der Waals surface area contributed by atoms with Crippen LogP contribution in [0.25, 0.3) is 134 Å². The second kappa shape index (κ2) is 23.0. The van der Waals surface area contributed by atoms with Gasteiger partial charge >= 0.3 is 0 Å². The summed E-state index contributed by atoms with van der Waals surface area (Å²) in [4.78, 5) is 27.8. The minimum Gasteiger partial charge on any atom is -0.324 e. The molecule has 4 heterocycles. The molecule has 0 saturated heterocycles. The van der Waals surface area contributed by atoms with Gasteiger partial charge in [-0.3, -0.25) is 0 Å². The van der Waals surface area contributed by atoms with E-state index in [1.165, 1.54) is 72.8 Å². The van der Waals surface area contributed by atoms with E-state index in [1.807, 2.05) is 0 Å². The van der Waals surface area contributed by atoms with E-state index in [0.717, 1.165) is 0 Å². The van der Waals surface area contributed by atoms with Crippen LogP contribution in [0.4, 0.5) is 26.3 Å². The van der Waals surface area contributed by atoms with Crippen molar-refractivity contribution in [3.63, 3.8) is 0 Å². The first-order chi connectivity index (χ1) is 42.3. The van der Waals surface area contributed by atoms with Crippen molar-refractivity contribution in [1.29, 1.82) is 0 Å². The van der Waals surface area contributed by atoms with Gasteiger partial charge in [-0.25, -0.2) is 46.3 Å². The third kappa shape index (κ3) is 12.2. The van der Waals surface area contributed by atoms with Crippen LogP contribution in [0.15, 0.2) is 182 Å². The van der Waals surface area contributed by atoms with Gasteiger partial charge in [0, 0.05) is 66.1 Å². The Bertz CT molecular complexity index is 4710. The van der Waals surface area contributed by atoms with Crippen molar-refractivity contribution in [3.05, 3.63) is 215 Å². The number of benzene rings is 9. The van der Waals surface area contributed by atoms with Gasteiger partial charge in [-0.15, -0.1) is 0 Å². The lowest BCUT2D eigenvalue weighted by atomic mass is 9.89. The Morgan fingerprint density at radius 1 is 0.233 bits per heavy atom. The summed E-state index contributed by atoms with van der Waals surface area (Å²) >= 11 is 72.9. The number of H-pyrrole nitrogens is 2. The summed E-state index contributed by atoms with van der Waals surface area (Å²) < 4.78 is 75.9. The molecule has 0 fully saturated rings. The van der Waals surface area contributed by atoms with Crippen LogP contribution in [0, 0.1) is 0 Å². The van der Waals surface area contributed by atoms with Crippen LogP contribution in [0.5, 0.6) is 0 Å². The largest absolute Gasteiger partial charge is 0.324 e. The van der Waals surface area contributed by atoms with Gasteiger partial charge in [0.1, 0.15) is 22.6 Å². The van der Waals surface area contributed by atoms with Crippen molar-refractivity contribution >= 4 is 183 Å². The summed E-state index contributed by atoms with van der Waals surface area (Å²) in [6.45, 7) is 0. The number of alkyl halides is 18. The van der Waals surface area contributed by atoms with Crippen LogP contribution >= 0.6 is 139 Å². The lowest BCUT2D eigenvalue weighted by Crippen LogP contribution is -2.02. The van der Waals surface area contributed by atoms with Gasteiger partial charge in [-0.05, 0) is 140 Å². The SMILES string of the molecule is FC(Cl)(Cl)c1cccc(-c2cc3c(cc2-c2cccc(C(F)(Cl)Cl)c2)-c2nc-3nc3[nH]c(nc4[nH]c(n2)c2cc(-c5cccc(C(F)(Cl)Cl)c5)c(-c5cccc(C(F)(Cl)Cl)c5)cc42)c2cc(-c4cccc(C(F)(Cl)Cl)c4)c(-c4cccc(C(F)(Cl)Cl)c4)cc32)c1. The molecule has 9 aromatic carbocycles. The van der Waals surface area contributed by atoms with Crippen LogP contribution in [-0.4, -0.2) is 29.9 Å². The molecule has 0 spiro atoms. The van der Waals surface area contributed by atoms with Gasteiger partial charge in [0.15, 0.2) is 11.6 Å². The number of fused-ring (bicyclic) bond motifs is 15. The number of halogens is 18. The van der Waals surface area contributed by atoms with E-state index in [9.17, 15) is 0 Å². The van der Waals surface area contributed by atoms with Gasteiger partial charge in [0.25, 0.3) is 27.5 Å². The number of hydrogen-bond donors (Lipinski definition) is 2. The van der Waals surface area contributed by atoms with Crippen LogP contribution in [0.3, 0.4) is 0 Å². The quantitative estimate of drug-likeness (QED) is 0.0943. The van der Waals surface area contributed by atoms with E-state index in [4.69, 9.17) is 159 Å². The summed E-state index contributed by atoms with van der Waals surface area (Å²) in [7, 11) is 0. The summed E-state index contributed by atoms with van der Waals surface area (Å²) in [6.07, 6.45) is 0. The molecule has 6 bridgehead atoms. The van der Waals surface area contributed by atoms with Gasteiger partial charge in [0.05, 0.1) is 0 Å². The first-order valence-corrected chi connectivity index (χ1v) is 31.1. The highest BCUT2D eigenvalue weighted by Crippen LogP contribution is 2.50. The predicted molar refractivity (Wildman–Crippen MR) is 358 cm³/mol. The maximum absolute atomic E-state index is 15.5. The normalized spacial score (nSPS) is 13.0. The molecule has 3 aromatic heterocycles. The molecule has 2 N–H and O–H groups in total.